The van der Waals surface area contributed by atoms with E-state index in [4.69, 9.17) is 0 Å². The Balaban J connectivity index is 0.00000900. The van der Waals surface area contributed by atoms with Gasteiger partial charge in [-0.05, 0) is 49.4 Å². The lowest BCUT2D eigenvalue weighted by Gasteiger charge is -2.13. The van der Waals surface area contributed by atoms with E-state index in [9.17, 15) is 13.0 Å². The summed E-state index contributed by atoms with van der Waals surface area (Å²) in [4.78, 5) is 0.0894. The highest BCUT2D eigenvalue weighted by Crippen LogP contribution is 2.24. The number of benzene rings is 1. The summed E-state index contributed by atoms with van der Waals surface area (Å²) in [5, 5.41) is 0. The molecule has 0 fully saturated rings. The Labute approximate surface area is 192 Å². The number of aryl methyl sites for hydroxylation is 1. The fourth-order valence-corrected chi connectivity index (χ4v) is 5.06. The summed E-state index contributed by atoms with van der Waals surface area (Å²) < 4.78 is 32.8. The van der Waals surface area contributed by atoms with Crippen LogP contribution in [0, 0.1) is 13.8 Å². The van der Waals surface area contributed by atoms with Gasteiger partial charge in [0.25, 0.3) is 10.1 Å². The van der Waals surface area contributed by atoms with Crippen molar-refractivity contribution in [1.82, 2.24) is 6.15 Å². The molecular weight excluding hydrogens is 406 g/mol. The van der Waals surface area contributed by atoms with Gasteiger partial charge < -0.3 is 6.15 Å². The second kappa shape index (κ2) is 17.6. The van der Waals surface area contributed by atoms with E-state index in [0.717, 1.165) is 36.0 Å². The predicted octanol–water partition coefficient (Wildman–Crippen LogP) is 8.52. The third-order valence-electron chi connectivity index (χ3n) is 6.38. The monoisotopic (exact) mass is 455 g/mol. The highest BCUT2D eigenvalue weighted by atomic mass is 32.2. The second-order valence-corrected chi connectivity index (χ2v) is 10.4. The van der Waals surface area contributed by atoms with E-state index in [1.165, 1.54) is 89.9 Å². The molecule has 0 spiro atoms. The van der Waals surface area contributed by atoms with Crippen LogP contribution in [0.1, 0.15) is 126 Å². The van der Waals surface area contributed by atoms with E-state index in [1.807, 2.05) is 13.8 Å². The molecule has 1 aromatic rings. The smallest absolute Gasteiger partial charge is 0.294 e. The summed E-state index contributed by atoms with van der Waals surface area (Å²) >= 11 is 0. The quantitative estimate of drug-likeness (QED) is 0.171. The van der Waals surface area contributed by atoms with Crippen LogP contribution in [0.2, 0.25) is 0 Å². The van der Waals surface area contributed by atoms with Gasteiger partial charge >= 0.3 is 0 Å². The molecule has 0 aliphatic heterocycles. The third-order valence-corrected chi connectivity index (χ3v) is 7.32. The molecule has 5 heteroatoms. The lowest BCUT2D eigenvalue weighted by atomic mass is 9.97. The summed E-state index contributed by atoms with van der Waals surface area (Å²) in [6.45, 7) is 6.21. The van der Waals surface area contributed by atoms with Gasteiger partial charge in [0, 0.05) is 0 Å². The van der Waals surface area contributed by atoms with Gasteiger partial charge in [0.15, 0.2) is 0 Å². The zero-order valence-corrected chi connectivity index (χ0v) is 21.4. The zero-order chi connectivity index (χ0) is 22.2. The standard InChI is InChI=1S/C26H46O3S.H3N/c1-4-5-6-7-8-9-10-11-12-13-14-15-16-17-18-19-20-25-24(3)23(2)21-22-26(25)30(27,28)29;/h21-22H,4-20H2,1-3H3,(H,27,28,29);1H3. The van der Waals surface area contributed by atoms with Crippen LogP contribution in [0.5, 0.6) is 0 Å². The molecule has 0 unspecified atom stereocenters. The molecule has 0 saturated heterocycles. The van der Waals surface area contributed by atoms with Crippen molar-refractivity contribution in [3.8, 4) is 0 Å². The average Bonchev–Trinajstić information content (AvgIpc) is 2.69. The molecule has 0 radical (unpaired) electrons. The summed E-state index contributed by atoms with van der Waals surface area (Å²) in [7, 11) is -4.14. The van der Waals surface area contributed by atoms with Crippen LogP contribution in [-0.2, 0) is 16.5 Å². The molecule has 4 nitrogen and oxygen atoms in total. The Kier molecular flexibility index (Phi) is 17.1. The Hall–Kier alpha value is -0.910. The number of rotatable bonds is 18. The first-order valence-electron chi connectivity index (χ1n) is 12.4. The summed E-state index contributed by atoms with van der Waals surface area (Å²) in [5.74, 6) is 0. The van der Waals surface area contributed by atoms with Crippen LogP contribution in [0.4, 0.5) is 0 Å². The molecule has 0 aliphatic rings. The van der Waals surface area contributed by atoms with E-state index in [-0.39, 0.29) is 11.0 Å². The minimum absolute atomic E-state index is 0. The molecule has 0 atom stereocenters. The zero-order valence-electron chi connectivity index (χ0n) is 20.6. The molecule has 31 heavy (non-hydrogen) atoms. The molecule has 1 aromatic carbocycles. The first-order chi connectivity index (χ1) is 14.4. The lowest BCUT2D eigenvalue weighted by Crippen LogP contribution is -2.06. The molecular formula is C26H49NO3S. The summed E-state index contributed by atoms with van der Waals surface area (Å²) in [5.41, 5.74) is 2.86. The SMILES string of the molecule is CCCCCCCCCCCCCCCCCCc1c(S(=O)(=O)O)ccc(C)c1C.N. The fraction of sp³-hybridized carbons (Fsp3) is 0.769. The van der Waals surface area contributed by atoms with Gasteiger partial charge in [-0.3, -0.25) is 4.55 Å². The van der Waals surface area contributed by atoms with Crippen LogP contribution in [0.15, 0.2) is 17.0 Å². The van der Waals surface area contributed by atoms with Crippen molar-refractivity contribution >= 4 is 10.1 Å². The minimum Gasteiger partial charge on any atom is -0.344 e. The number of unbranched alkanes of at least 4 members (excludes halogenated alkanes) is 15. The van der Waals surface area contributed by atoms with Crippen molar-refractivity contribution in [3.05, 3.63) is 28.8 Å². The Morgan fingerprint density at radius 2 is 1.06 bits per heavy atom. The highest BCUT2D eigenvalue weighted by molar-refractivity contribution is 7.85. The molecule has 1 rings (SSSR count). The van der Waals surface area contributed by atoms with Gasteiger partial charge in [-0.15, -0.1) is 0 Å². The fourth-order valence-electron chi connectivity index (χ4n) is 4.25. The van der Waals surface area contributed by atoms with E-state index in [2.05, 4.69) is 6.92 Å². The van der Waals surface area contributed by atoms with Gasteiger partial charge in [0.1, 0.15) is 0 Å². The summed E-state index contributed by atoms with van der Waals surface area (Å²) in [6.07, 6.45) is 22.0. The van der Waals surface area contributed by atoms with Crippen molar-refractivity contribution in [2.24, 2.45) is 0 Å². The third kappa shape index (κ3) is 13.3. The van der Waals surface area contributed by atoms with Crippen LogP contribution in [0.25, 0.3) is 0 Å². The maximum atomic E-state index is 11.6. The average molecular weight is 456 g/mol. The van der Waals surface area contributed by atoms with E-state index < -0.39 is 10.1 Å². The van der Waals surface area contributed by atoms with Crippen molar-refractivity contribution in [3.63, 3.8) is 0 Å². The van der Waals surface area contributed by atoms with E-state index in [1.54, 1.807) is 12.1 Å². The van der Waals surface area contributed by atoms with Gasteiger partial charge in [-0.25, -0.2) is 0 Å². The van der Waals surface area contributed by atoms with E-state index in [0.29, 0.717) is 0 Å². The maximum absolute atomic E-state index is 11.6. The van der Waals surface area contributed by atoms with Crippen molar-refractivity contribution < 1.29 is 13.0 Å². The lowest BCUT2D eigenvalue weighted by molar-refractivity contribution is 0.481. The molecule has 0 bridgehead atoms. The summed E-state index contributed by atoms with van der Waals surface area (Å²) in [6, 6.07) is 3.31. The molecule has 0 aromatic heterocycles. The topological polar surface area (TPSA) is 89.4 Å². The first kappa shape index (κ1) is 30.1. The number of hydrogen-bond donors (Lipinski definition) is 2. The largest absolute Gasteiger partial charge is 0.344 e. The normalized spacial score (nSPS) is 11.5. The van der Waals surface area contributed by atoms with Crippen molar-refractivity contribution in [1.29, 1.82) is 0 Å². The number of hydrogen-bond acceptors (Lipinski definition) is 3. The molecule has 0 amide bonds. The second-order valence-electron chi connectivity index (χ2n) is 9.01. The molecule has 0 aliphatic carbocycles. The highest BCUT2D eigenvalue weighted by Gasteiger charge is 2.17. The Morgan fingerprint density at radius 3 is 1.45 bits per heavy atom. The van der Waals surface area contributed by atoms with Crippen LogP contribution < -0.4 is 6.15 Å². The van der Waals surface area contributed by atoms with Crippen LogP contribution >= 0.6 is 0 Å². The predicted molar refractivity (Wildman–Crippen MR) is 134 cm³/mol. The van der Waals surface area contributed by atoms with Crippen molar-refractivity contribution in [2.45, 2.75) is 135 Å². The first-order valence-corrected chi connectivity index (χ1v) is 13.9. The molecule has 182 valence electrons. The maximum Gasteiger partial charge on any atom is 0.294 e. The molecule has 4 N–H and O–H groups in total. The molecule has 0 heterocycles. The Bertz CT molecular complexity index is 686. The van der Waals surface area contributed by atoms with Crippen molar-refractivity contribution in [2.75, 3.05) is 0 Å². The van der Waals surface area contributed by atoms with Gasteiger partial charge in [0.05, 0.1) is 4.90 Å². The van der Waals surface area contributed by atoms with Crippen LogP contribution in [0.3, 0.4) is 0 Å². The van der Waals surface area contributed by atoms with E-state index >= 15 is 0 Å². The Morgan fingerprint density at radius 1 is 0.677 bits per heavy atom. The van der Waals surface area contributed by atoms with Gasteiger partial charge in [0.2, 0.25) is 0 Å². The van der Waals surface area contributed by atoms with Gasteiger partial charge in [-0.2, -0.15) is 8.42 Å². The van der Waals surface area contributed by atoms with Gasteiger partial charge in [-0.1, -0.05) is 109 Å². The minimum atomic E-state index is -4.14. The molecule has 0 saturated carbocycles. The van der Waals surface area contributed by atoms with Crippen LogP contribution in [-0.4, -0.2) is 13.0 Å².